The highest BCUT2D eigenvalue weighted by atomic mass is 32.2. The van der Waals surface area contributed by atoms with Crippen LogP contribution in [-0.2, 0) is 19.3 Å². The van der Waals surface area contributed by atoms with Crippen molar-refractivity contribution in [2.24, 2.45) is 0 Å². The number of rotatable bonds is 6. The zero-order valence-corrected chi connectivity index (χ0v) is 16.9. The number of anilines is 1. The van der Waals surface area contributed by atoms with Gasteiger partial charge in [-0.05, 0) is 71.2 Å². The molecule has 2 aliphatic rings. The Bertz CT molecular complexity index is 712. The molecule has 144 valence electrons. The minimum absolute atomic E-state index is 0.117. The maximum absolute atomic E-state index is 12.3. The lowest BCUT2D eigenvalue weighted by Gasteiger charge is -2.32. The average molecular weight is 380 g/mol. The van der Waals surface area contributed by atoms with Gasteiger partial charge in [0.1, 0.15) is 0 Å². The fourth-order valence-corrected chi connectivity index (χ4v) is 4.27. The molecule has 6 nitrogen and oxygen atoms in total. The number of likely N-dealkylation sites (tertiary alicyclic amines) is 1. The van der Waals surface area contributed by atoms with Crippen molar-refractivity contribution in [1.82, 2.24) is 4.90 Å². The van der Waals surface area contributed by atoms with E-state index in [1.54, 1.807) is 12.1 Å². The van der Waals surface area contributed by atoms with Crippen LogP contribution in [0.15, 0.2) is 24.3 Å². The highest BCUT2D eigenvalue weighted by molar-refractivity contribution is 7.92. The molecule has 26 heavy (non-hydrogen) atoms. The minimum atomic E-state index is -3.35. The average Bonchev–Trinajstić information content (AvgIpc) is 3.12. The van der Waals surface area contributed by atoms with E-state index in [1.807, 2.05) is 39.8 Å². The zero-order valence-electron chi connectivity index (χ0n) is 16.1. The minimum Gasteiger partial charge on any atom is -0.399 e. The van der Waals surface area contributed by atoms with Gasteiger partial charge in [-0.15, -0.1) is 0 Å². The molecule has 2 fully saturated rings. The molecule has 0 saturated carbocycles. The molecule has 2 saturated heterocycles. The number of hydrogen-bond donors (Lipinski definition) is 1. The van der Waals surface area contributed by atoms with Gasteiger partial charge < -0.3 is 14.2 Å². The molecule has 0 unspecified atom stereocenters. The Labute approximate surface area is 157 Å². The van der Waals surface area contributed by atoms with Crippen molar-refractivity contribution in [3.63, 3.8) is 0 Å². The molecule has 2 aliphatic heterocycles. The third kappa shape index (κ3) is 4.42. The molecule has 1 N–H and O–H groups in total. The van der Waals surface area contributed by atoms with Crippen molar-refractivity contribution in [3.05, 3.63) is 24.3 Å². The lowest BCUT2D eigenvalue weighted by molar-refractivity contribution is 0.00578. The van der Waals surface area contributed by atoms with Gasteiger partial charge in [-0.2, -0.15) is 0 Å². The standard InChI is InChI=1S/C18H29BN2O4S/c1-17(2)18(3,4)25-19(24-17)15-7-9-16(10-8-15)20-26(22,23)14-13-21-11-5-6-12-21/h7-10,20H,5-6,11-14H2,1-4H3. The third-order valence-corrected chi connectivity index (χ3v) is 6.85. The van der Waals surface area contributed by atoms with Crippen LogP contribution in [0.5, 0.6) is 0 Å². The molecular weight excluding hydrogens is 351 g/mol. The summed E-state index contributed by atoms with van der Waals surface area (Å²) >= 11 is 0. The number of hydrogen-bond acceptors (Lipinski definition) is 5. The van der Waals surface area contributed by atoms with Crippen LogP contribution in [0.2, 0.25) is 0 Å². The first-order chi connectivity index (χ1) is 12.1. The highest BCUT2D eigenvalue weighted by Gasteiger charge is 2.51. The number of nitrogens with one attached hydrogen (secondary N) is 1. The van der Waals surface area contributed by atoms with Crippen LogP contribution in [-0.4, -0.2) is 57.0 Å². The molecule has 0 amide bonds. The molecule has 3 rings (SSSR count). The smallest absolute Gasteiger partial charge is 0.399 e. The molecule has 8 heteroatoms. The van der Waals surface area contributed by atoms with Crippen molar-refractivity contribution in [3.8, 4) is 0 Å². The number of sulfonamides is 1. The quantitative estimate of drug-likeness (QED) is 0.763. The molecular formula is C18H29BN2O4S. The maximum atomic E-state index is 12.3. The Morgan fingerprint density at radius 3 is 2.12 bits per heavy atom. The summed E-state index contributed by atoms with van der Waals surface area (Å²) in [5.41, 5.74) is 0.649. The summed E-state index contributed by atoms with van der Waals surface area (Å²) in [5.74, 6) is 0.117. The van der Waals surface area contributed by atoms with Gasteiger partial charge >= 0.3 is 7.12 Å². The van der Waals surface area contributed by atoms with Gasteiger partial charge in [-0.1, -0.05) is 12.1 Å². The largest absolute Gasteiger partial charge is 0.494 e. The zero-order chi connectivity index (χ0) is 19.0. The maximum Gasteiger partial charge on any atom is 0.494 e. The van der Waals surface area contributed by atoms with Crippen LogP contribution in [0.3, 0.4) is 0 Å². The van der Waals surface area contributed by atoms with Crippen molar-refractivity contribution < 1.29 is 17.7 Å². The Morgan fingerprint density at radius 1 is 1.04 bits per heavy atom. The van der Waals surface area contributed by atoms with Gasteiger partial charge in [-0.25, -0.2) is 8.42 Å². The lowest BCUT2D eigenvalue weighted by Crippen LogP contribution is -2.41. The van der Waals surface area contributed by atoms with Crippen LogP contribution in [0.1, 0.15) is 40.5 Å². The Morgan fingerprint density at radius 2 is 1.58 bits per heavy atom. The first-order valence-electron chi connectivity index (χ1n) is 9.26. The second-order valence-corrected chi connectivity index (χ2v) is 10.0. The summed E-state index contributed by atoms with van der Waals surface area (Å²) in [6.45, 7) is 10.6. The summed E-state index contributed by atoms with van der Waals surface area (Å²) < 4.78 is 39.3. The fourth-order valence-electron chi connectivity index (χ4n) is 3.17. The molecule has 2 heterocycles. The van der Waals surface area contributed by atoms with Crippen molar-refractivity contribution in [2.45, 2.75) is 51.7 Å². The molecule has 0 bridgehead atoms. The Kier molecular flexibility index (Phi) is 5.41. The second kappa shape index (κ2) is 7.15. The van der Waals surface area contributed by atoms with Crippen LogP contribution in [0.4, 0.5) is 5.69 Å². The van der Waals surface area contributed by atoms with Crippen molar-refractivity contribution >= 4 is 28.3 Å². The van der Waals surface area contributed by atoms with E-state index in [-0.39, 0.29) is 5.75 Å². The third-order valence-electron chi connectivity index (χ3n) is 5.58. The molecule has 1 aromatic carbocycles. The van der Waals surface area contributed by atoms with Gasteiger partial charge in [0.05, 0.1) is 17.0 Å². The second-order valence-electron chi connectivity index (χ2n) is 8.18. The number of nitrogens with zero attached hydrogens (tertiary/aromatic N) is 1. The lowest BCUT2D eigenvalue weighted by atomic mass is 9.79. The van der Waals surface area contributed by atoms with Crippen molar-refractivity contribution in [2.75, 3.05) is 30.1 Å². The predicted octanol–water partition coefficient (Wildman–Crippen LogP) is 1.82. The van der Waals surface area contributed by atoms with E-state index in [9.17, 15) is 8.42 Å². The molecule has 1 aromatic rings. The van der Waals surface area contributed by atoms with Gasteiger partial charge in [0, 0.05) is 12.2 Å². The Hall–Kier alpha value is -1.09. The summed E-state index contributed by atoms with van der Waals surface area (Å²) in [5, 5.41) is 0. The molecule has 0 radical (unpaired) electrons. The molecule has 0 atom stereocenters. The van der Waals surface area contributed by atoms with Crippen LogP contribution >= 0.6 is 0 Å². The van der Waals surface area contributed by atoms with Crippen LogP contribution < -0.4 is 10.2 Å². The van der Waals surface area contributed by atoms with E-state index in [2.05, 4.69) is 9.62 Å². The van der Waals surface area contributed by atoms with Gasteiger partial charge in [0.2, 0.25) is 10.0 Å². The summed E-state index contributed by atoms with van der Waals surface area (Å²) in [6, 6.07) is 7.21. The van der Waals surface area contributed by atoms with E-state index in [4.69, 9.17) is 9.31 Å². The number of benzene rings is 1. The van der Waals surface area contributed by atoms with Crippen LogP contribution in [0.25, 0.3) is 0 Å². The van der Waals surface area contributed by atoms with E-state index in [1.165, 1.54) is 0 Å². The SMILES string of the molecule is CC1(C)OB(c2ccc(NS(=O)(=O)CCN3CCCC3)cc2)OC1(C)C. The Balaban J connectivity index is 1.59. The summed E-state index contributed by atoms with van der Waals surface area (Å²) in [6.07, 6.45) is 2.32. The molecule has 0 aliphatic carbocycles. The monoisotopic (exact) mass is 380 g/mol. The summed E-state index contributed by atoms with van der Waals surface area (Å²) in [4.78, 5) is 2.20. The van der Waals surface area contributed by atoms with E-state index in [0.717, 1.165) is 31.4 Å². The normalized spacial score (nSPS) is 22.7. The first-order valence-corrected chi connectivity index (χ1v) is 10.9. The van der Waals surface area contributed by atoms with Gasteiger partial charge in [0.15, 0.2) is 0 Å². The molecule has 0 aromatic heterocycles. The highest BCUT2D eigenvalue weighted by Crippen LogP contribution is 2.36. The first kappa shape index (κ1) is 19.7. The van der Waals surface area contributed by atoms with E-state index < -0.39 is 28.3 Å². The van der Waals surface area contributed by atoms with Gasteiger partial charge in [0.25, 0.3) is 0 Å². The van der Waals surface area contributed by atoms with E-state index >= 15 is 0 Å². The fraction of sp³-hybridized carbons (Fsp3) is 0.667. The van der Waals surface area contributed by atoms with Crippen LogP contribution in [0, 0.1) is 0 Å². The van der Waals surface area contributed by atoms with Gasteiger partial charge in [-0.3, -0.25) is 4.72 Å². The summed E-state index contributed by atoms with van der Waals surface area (Å²) in [7, 11) is -3.79. The van der Waals surface area contributed by atoms with Crippen molar-refractivity contribution in [1.29, 1.82) is 0 Å². The molecule has 0 spiro atoms. The van der Waals surface area contributed by atoms with E-state index in [0.29, 0.717) is 12.2 Å². The topological polar surface area (TPSA) is 67.9 Å². The predicted molar refractivity (Wildman–Crippen MR) is 105 cm³/mol.